The number of nitrogens with zero attached hydrogens (tertiary/aromatic N) is 4. The van der Waals surface area contributed by atoms with Crippen LogP contribution in [0.15, 0.2) is 231 Å². The van der Waals surface area contributed by atoms with E-state index in [-0.39, 0.29) is 0 Å². The van der Waals surface area contributed by atoms with Gasteiger partial charge in [-0.25, -0.2) is 9.97 Å². The molecule has 9 aromatic carbocycles. The van der Waals surface area contributed by atoms with Crippen LogP contribution in [-0.2, 0) is 0 Å². The molecule has 0 aliphatic rings. The van der Waals surface area contributed by atoms with Crippen molar-refractivity contribution in [2.75, 3.05) is 4.90 Å². The van der Waals surface area contributed by atoms with Crippen molar-refractivity contribution in [3.05, 3.63) is 242 Å². The Bertz CT molecular complexity index is 3290. The number of hydrogen-bond donors (Lipinski definition) is 0. The molecule has 0 unspecified atom stereocenters. The van der Waals surface area contributed by atoms with Crippen LogP contribution in [0.2, 0.25) is 0 Å². The molecule has 0 saturated heterocycles. The van der Waals surface area contributed by atoms with Crippen LogP contribution in [0.25, 0.3) is 83.6 Å². The monoisotopic (exact) mass is 820 g/mol. The summed E-state index contributed by atoms with van der Waals surface area (Å²) in [5.74, 6) is 0.716. The highest BCUT2D eigenvalue weighted by Crippen LogP contribution is 2.40. The minimum absolute atomic E-state index is 0.716. The Balaban J connectivity index is 0.874. The molecule has 64 heavy (non-hydrogen) atoms. The first-order chi connectivity index (χ1) is 31.5. The summed E-state index contributed by atoms with van der Waals surface area (Å²) in [6.07, 6.45) is 0. The van der Waals surface area contributed by atoms with Gasteiger partial charge in [0.05, 0.1) is 22.4 Å². The van der Waals surface area contributed by atoms with Crippen LogP contribution in [0, 0.1) is 13.8 Å². The number of aromatic nitrogens is 3. The molecule has 0 spiro atoms. The van der Waals surface area contributed by atoms with Crippen molar-refractivity contribution in [1.29, 1.82) is 0 Å². The molecule has 0 radical (unpaired) electrons. The smallest absolute Gasteiger partial charge is 0.160 e. The molecule has 2 heterocycles. The summed E-state index contributed by atoms with van der Waals surface area (Å²) in [5, 5.41) is 2.45. The van der Waals surface area contributed by atoms with Gasteiger partial charge in [0.2, 0.25) is 0 Å². The van der Waals surface area contributed by atoms with E-state index in [1.807, 2.05) is 36.4 Å². The first-order valence-corrected chi connectivity index (χ1v) is 21.8. The number of fused-ring (bicyclic) bond motifs is 3. The Labute approximate surface area is 374 Å². The molecule has 0 fully saturated rings. The fourth-order valence-electron chi connectivity index (χ4n) is 8.77. The lowest BCUT2D eigenvalue weighted by Crippen LogP contribution is -2.09. The van der Waals surface area contributed by atoms with E-state index in [4.69, 9.17) is 9.97 Å². The minimum Gasteiger partial charge on any atom is -0.310 e. The van der Waals surface area contributed by atoms with Crippen molar-refractivity contribution in [3.8, 4) is 61.8 Å². The van der Waals surface area contributed by atoms with E-state index < -0.39 is 0 Å². The van der Waals surface area contributed by atoms with Gasteiger partial charge in [-0.2, -0.15) is 0 Å². The zero-order chi connectivity index (χ0) is 43.0. The third-order valence-electron chi connectivity index (χ3n) is 12.2. The number of rotatable bonds is 9. The zero-order valence-corrected chi connectivity index (χ0v) is 35.7. The second-order valence-corrected chi connectivity index (χ2v) is 16.5. The first-order valence-electron chi connectivity index (χ1n) is 21.8. The van der Waals surface area contributed by atoms with Crippen LogP contribution >= 0.6 is 0 Å². The Morgan fingerprint density at radius 2 is 0.750 bits per heavy atom. The molecular weight excluding hydrogens is 777 g/mol. The van der Waals surface area contributed by atoms with E-state index in [9.17, 15) is 0 Å². The second-order valence-electron chi connectivity index (χ2n) is 16.5. The fraction of sp³-hybridized carbons (Fsp3) is 0.0333. The van der Waals surface area contributed by atoms with Gasteiger partial charge >= 0.3 is 0 Å². The van der Waals surface area contributed by atoms with E-state index in [2.05, 4.69) is 217 Å². The molecule has 4 nitrogen and oxygen atoms in total. The highest BCUT2D eigenvalue weighted by Gasteiger charge is 2.18. The maximum absolute atomic E-state index is 5.02. The van der Waals surface area contributed by atoms with Crippen LogP contribution < -0.4 is 4.90 Å². The standard InChI is InChI=1S/C60H44N4/c1-41-17-31-50(32-18-41)63(51-33-19-42(2)20-34-51)53-37-38-59-55(39-53)54-15-9-10-16-58(54)64(59)52-35-29-46(30-36-52)44-23-21-43(22-24-44)45-25-27-48(28-26-45)57-40-56(47-11-5-3-6-12-47)61-60(62-57)49-13-7-4-8-14-49/h3-40H,1-2H3. The molecule has 4 heteroatoms. The number of para-hydroxylation sites is 1. The number of aryl methyl sites for hydroxylation is 2. The zero-order valence-electron chi connectivity index (χ0n) is 35.7. The Morgan fingerprint density at radius 1 is 0.328 bits per heavy atom. The van der Waals surface area contributed by atoms with Crippen molar-refractivity contribution in [3.63, 3.8) is 0 Å². The molecule has 11 rings (SSSR count). The van der Waals surface area contributed by atoms with E-state index in [0.717, 1.165) is 62.0 Å². The van der Waals surface area contributed by atoms with Gasteiger partial charge in [0, 0.05) is 50.2 Å². The van der Waals surface area contributed by atoms with E-state index in [0.29, 0.717) is 5.82 Å². The maximum Gasteiger partial charge on any atom is 0.160 e. The average molecular weight is 821 g/mol. The summed E-state index contributed by atoms with van der Waals surface area (Å²) < 4.78 is 2.39. The van der Waals surface area contributed by atoms with Gasteiger partial charge in [0.25, 0.3) is 0 Å². The molecule has 0 N–H and O–H groups in total. The number of anilines is 3. The first kappa shape index (κ1) is 38.6. The van der Waals surface area contributed by atoms with Gasteiger partial charge in [-0.1, -0.05) is 175 Å². The van der Waals surface area contributed by atoms with Crippen molar-refractivity contribution in [1.82, 2.24) is 14.5 Å². The van der Waals surface area contributed by atoms with Gasteiger partial charge in [0.1, 0.15) is 0 Å². The van der Waals surface area contributed by atoms with Crippen LogP contribution in [0.3, 0.4) is 0 Å². The summed E-state index contributed by atoms with van der Waals surface area (Å²) in [6, 6.07) is 82.3. The number of hydrogen-bond acceptors (Lipinski definition) is 3. The van der Waals surface area contributed by atoms with Crippen LogP contribution in [0.4, 0.5) is 17.1 Å². The van der Waals surface area contributed by atoms with Crippen molar-refractivity contribution >= 4 is 38.9 Å². The summed E-state index contributed by atoms with van der Waals surface area (Å²) >= 11 is 0. The maximum atomic E-state index is 5.02. The SMILES string of the molecule is Cc1ccc(N(c2ccc(C)cc2)c2ccc3c(c2)c2ccccc2n3-c2ccc(-c3ccc(-c4ccc(-c5cc(-c6ccccc6)nc(-c6ccccc6)n5)cc4)cc3)cc2)cc1. The summed E-state index contributed by atoms with van der Waals surface area (Å²) in [7, 11) is 0. The van der Waals surface area contributed by atoms with Crippen molar-refractivity contribution in [2.24, 2.45) is 0 Å². The Kier molecular flexibility index (Phi) is 9.95. The lowest BCUT2D eigenvalue weighted by atomic mass is 9.98. The molecule has 2 aromatic heterocycles. The Morgan fingerprint density at radius 3 is 1.30 bits per heavy atom. The van der Waals surface area contributed by atoms with E-state index >= 15 is 0 Å². The quantitative estimate of drug-likeness (QED) is 0.145. The lowest BCUT2D eigenvalue weighted by molar-refractivity contribution is 1.18. The van der Waals surface area contributed by atoms with Gasteiger partial charge in [-0.15, -0.1) is 0 Å². The van der Waals surface area contributed by atoms with Crippen molar-refractivity contribution < 1.29 is 0 Å². The third kappa shape index (κ3) is 7.42. The average Bonchev–Trinajstić information content (AvgIpc) is 3.69. The van der Waals surface area contributed by atoms with Crippen LogP contribution in [0.5, 0.6) is 0 Å². The van der Waals surface area contributed by atoms with E-state index in [1.165, 1.54) is 44.1 Å². The molecule has 0 aliphatic carbocycles. The van der Waals surface area contributed by atoms with Gasteiger partial charge < -0.3 is 9.47 Å². The molecule has 11 aromatic rings. The van der Waals surface area contributed by atoms with Gasteiger partial charge in [0.15, 0.2) is 5.82 Å². The highest BCUT2D eigenvalue weighted by molar-refractivity contribution is 6.10. The summed E-state index contributed by atoms with van der Waals surface area (Å²) in [5.41, 5.74) is 18.9. The molecule has 0 amide bonds. The molecule has 0 bridgehead atoms. The molecule has 304 valence electrons. The minimum atomic E-state index is 0.716. The largest absolute Gasteiger partial charge is 0.310 e. The predicted octanol–water partition coefficient (Wildman–Crippen LogP) is 16.0. The van der Waals surface area contributed by atoms with Crippen molar-refractivity contribution in [2.45, 2.75) is 13.8 Å². The Hall–Kier alpha value is -8.34. The van der Waals surface area contributed by atoms with Crippen LogP contribution in [-0.4, -0.2) is 14.5 Å². The normalized spacial score (nSPS) is 11.3. The number of benzene rings is 9. The second kappa shape index (κ2) is 16.5. The highest BCUT2D eigenvalue weighted by atomic mass is 15.1. The fourth-order valence-corrected chi connectivity index (χ4v) is 8.77. The third-order valence-corrected chi connectivity index (χ3v) is 12.2. The summed E-state index contributed by atoms with van der Waals surface area (Å²) in [4.78, 5) is 12.3. The molecule has 0 aliphatic heterocycles. The molecular formula is C60H44N4. The summed E-state index contributed by atoms with van der Waals surface area (Å²) in [6.45, 7) is 4.27. The lowest BCUT2D eigenvalue weighted by Gasteiger charge is -2.26. The molecule has 0 saturated carbocycles. The van der Waals surface area contributed by atoms with Gasteiger partial charge in [-0.3, -0.25) is 0 Å². The van der Waals surface area contributed by atoms with Gasteiger partial charge in [-0.05, 0) is 103 Å². The van der Waals surface area contributed by atoms with E-state index in [1.54, 1.807) is 0 Å². The molecule has 0 atom stereocenters. The predicted molar refractivity (Wildman–Crippen MR) is 268 cm³/mol. The topological polar surface area (TPSA) is 34.0 Å². The van der Waals surface area contributed by atoms with Crippen LogP contribution in [0.1, 0.15) is 11.1 Å².